The summed E-state index contributed by atoms with van der Waals surface area (Å²) in [5, 5.41) is 0.993. The topological polar surface area (TPSA) is 54.9 Å². The van der Waals surface area contributed by atoms with E-state index in [4.69, 9.17) is 9.47 Å². The number of morpholine rings is 1. The summed E-state index contributed by atoms with van der Waals surface area (Å²) < 4.78 is 11.6. The molecule has 1 aromatic carbocycles. The molecular weight excluding hydrogens is 354 g/mol. The van der Waals surface area contributed by atoms with Gasteiger partial charge in [0.2, 0.25) is 0 Å². The predicted octanol–water partition coefficient (Wildman–Crippen LogP) is 2.96. The van der Waals surface area contributed by atoms with Crippen LogP contribution in [0, 0.1) is 0 Å². The largest absolute Gasteiger partial charge is 0.489 e. The fourth-order valence-corrected chi connectivity index (χ4v) is 3.95. The molecule has 0 radical (unpaired) electrons. The van der Waals surface area contributed by atoms with Gasteiger partial charge in [-0.1, -0.05) is 6.07 Å². The number of aromatic nitrogens is 1. The fourth-order valence-electron chi connectivity index (χ4n) is 3.95. The molecule has 3 heterocycles. The molecule has 0 aliphatic carbocycles. The molecule has 6 heteroatoms. The first-order valence-corrected chi connectivity index (χ1v) is 10.3. The lowest BCUT2D eigenvalue weighted by molar-refractivity contribution is 0.0299. The Morgan fingerprint density at radius 3 is 2.79 bits per heavy atom. The third kappa shape index (κ3) is 4.28. The lowest BCUT2D eigenvalue weighted by atomic mass is 10.1. The molecule has 28 heavy (non-hydrogen) atoms. The van der Waals surface area contributed by atoms with Crippen molar-refractivity contribution in [2.24, 2.45) is 0 Å². The molecule has 1 atom stereocenters. The van der Waals surface area contributed by atoms with E-state index in [-0.39, 0.29) is 12.0 Å². The van der Waals surface area contributed by atoms with Gasteiger partial charge in [-0.05, 0) is 57.5 Å². The SMILES string of the molecule is CC(C)N1CCCC(Oc2ccc3nc(C(=O)N4CCOCC4)ccc3c2)C1. The number of likely N-dealkylation sites (tertiary alicyclic amines) is 1. The first-order chi connectivity index (χ1) is 13.6. The molecule has 2 saturated heterocycles. The Hall–Kier alpha value is -2.18. The number of nitrogens with zero attached hydrogens (tertiary/aromatic N) is 3. The van der Waals surface area contributed by atoms with E-state index in [0.717, 1.165) is 36.2 Å². The maximum Gasteiger partial charge on any atom is 0.272 e. The van der Waals surface area contributed by atoms with E-state index in [1.165, 1.54) is 6.42 Å². The molecule has 2 aliphatic heterocycles. The fraction of sp³-hybridized carbons (Fsp3) is 0.545. The summed E-state index contributed by atoms with van der Waals surface area (Å²) in [6.45, 7) is 9.03. The van der Waals surface area contributed by atoms with Crippen LogP contribution in [0.4, 0.5) is 0 Å². The van der Waals surface area contributed by atoms with E-state index in [0.29, 0.717) is 38.0 Å². The van der Waals surface area contributed by atoms with Crippen molar-refractivity contribution in [1.29, 1.82) is 0 Å². The third-order valence-corrected chi connectivity index (χ3v) is 5.62. The Labute approximate surface area is 166 Å². The number of carbonyl (C=O) groups is 1. The second-order valence-corrected chi connectivity index (χ2v) is 7.93. The van der Waals surface area contributed by atoms with E-state index in [1.807, 2.05) is 30.3 Å². The number of rotatable bonds is 4. The zero-order valence-corrected chi connectivity index (χ0v) is 16.8. The average molecular weight is 383 g/mol. The van der Waals surface area contributed by atoms with Gasteiger partial charge < -0.3 is 14.4 Å². The number of ether oxygens (including phenoxy) is 2. The average Bonchev–Trinajstić information content (AvgIpc) is 2.73. The minimum atomic E-state index is -0.0264. The first kappa shape index (κ1) is 19.2. The van der Waals surface area contributed by atoms with Gasteiger partial charge in [-0.15, -0.1) is 0 Å². The van der Waals surface area contributed by atoms with E-state index in [9.17, 15) is 4.79 Å². The molecule has 1 unspecified atom stereocenters. The Bertz CT molecular complexity index is 833. The number of benzene rings is 1. The van der Waals surface area contributed by atoms with E-state index in [1.54, 1.807) is 4.90 Å². The van der Waals surface area contributed by atoms with Crippen molar-refractivity contribution in [3.8, 4) is 5.75 Å². The van der Waals surface area contributed by atoms with E-state index in [2.05, 4.69) is 23.7 Å². The van der Waals surface area contributed by atoms with Crippen LogP contribution in [0.25, 0.3) is 10.9 Å². The van der Waals surface area contributed by atoms with Gasteiger partial charge in [-0.3, -0.25) is 9.69 Å². The molecule has 0 spiro atoms. The molecule has 4 rings (SSSR count). The van der Waals surface area contributed by atoms with Gasteiger partial charge >= 0.3 is 0 Å². The maximum absolute atomic E-state index is 12.6. The molecule has 150 valence electrons. The van der Waals surface area contributed by atoms with Crippen molar-refractivity contribution in [2.75, 3.05) is 39.4 Å². The second kappa shape index (κ2) is 8.45. The number of hydrogen-bond acceptors (Lipinski definition) is 5. The summed E-state index contributed by atoms with van der Waals surface area (Å²) in [4.78, 5) is 21.5. The second-order valence-electron chi connectivity index (χ2n) is 7.93. The summed E-state index contributed by atoms with van der Waals surface area (Å²) in [6, 6.07) is 10.3. The van der Waals surface area contributed by atoms with Gasteiger partial charge in [0.25, 0.3) is 5.91 Å². The van der Waals surface area contributed by atoms with Crippen LogP contribution in [0.3, 0.4) is 0 Å². The van der Waals surface area contributed by atoms with Crippen LogP contribution in [0.15, 0.2) is 30.3 Å². The summed E-state index contributed by atoms with van der Waals surface area (Å²) in [5.41, 5.74) is 1.31. The highest BCUT2D eigenvalue weighted by Crippen LogP contribution is 2.24. The molecule has 1 aromatic heterocycles. The Kier molecular flexibility index (Phi) is 5.78. The number of carbonyl (C=O) groups excluding carboxylic acids is 1. The third-order valence-electron chi connectivity index (χ3n) is 5.62. The molecule has 0 saturated carbocycles. The van der Waals surface area contributed by atoms with Crippen LogP contribution in [-0.4, -0.2) is 72.2 Å². The minimum Gasteiger partial charge on any atom is -0.489 e. The molecule has 0 N–H and O–H groups in total. The number of hydrogen-bond donors (Lipinski definition) is 0. The summed E-state index contributed by atoms with van der Waals surface area (Å²) in [7, 11) is 0. The normalized spacial score (nSPS) is 21.2. The van der Waals surface area contributed by atoms with E-state index >= 15 is 0 Å². The molecule has 6 nitrogen and oxygen atoms in total. The highest BCUT2D eigenvalue weighted by molar-refractivity contribution is 5.95. The number of fused-ring (bicyclic) bond motifs is 1. The Morgan fingerprint density at radius 2 is 2.00 bits per heavy atom. The lowest BCUT2D eigenvalue weighted by Gasteiger charge is -2.35. The van der Waals surface area contributed by atoms with Gasteiger partial charge in [-0.25, -0.2) is 4.98 Å². The summed E-state index contributed by atoms with van der Waals surface area (Å²) in [5.74, 6) is 0.846. The zero-order chi connectivity index (χ0) is 19.5. The van der Waals surface area contributed by atoms with Crippen LogP contribution in [0.1, 0.15) is 37.2 Å². The van der Waals surface area contributed by atoms with Crippen molar-refractivity contribution in [3.05, 3.63) is 36.0 Å². The van der Waals surface area contributed by atoms with Crippen molar-refractivity contribution in [2.45, 2.75) is 38.8 Å². The minimum absolute atomic E-state index is 0.0264. The van der Waals surface area contributed by atoms with Gasteiger partial charge in [0, 0.05) is 31.1 Å². The highest BCUT2D eigenvalue weighted by Gasteiger charge is 2.23. The van der Waals surface area contributed by atoms with Crippen molar-refractivity contribution in [1.82, 2.24) is 14.8 Å². The maximum atomic E-state index is 12.6. The van der Waals surface area contributed by atoms with Gasteiger partial charge in [-0.2, -0.15) is 0 Å². The Balaban J connectivity index is 1.46. The Morgan fingerprint density at radius 1 is 1.18 bits per heavy atom. The number of pyridine rings is 1. The predicted molar refractivity (Wildman–Crippen MR) is 109 cm³/mol. The lowest BCUT2D eigenvalue weighted by Crippen LogP contribution is -2.44. The molecular formula is C22H29N3O3. The molecule has 2 aromatic rings. The molecule has 2 aliphatic rings. The van der Waals surface area contributed by atoms with Crippen molar-refractivity contribution < 1.29 is 14.3 Å². The number of amides is 1. The smallest absolute Gasteiger partial charge is 0.272 e. The zero-order valence-electron chi connectivity index (χ0n) is 16.8. The van der Waals surface area contributed by atoms with Crippen LogP contribution in [0.5, 0.6) is 5.75 Å². The van der Waals surface area contributed by atoms with Crippen LogP contribution >= 0.6 is 0 Å². The van der Waals surface area contributed by atoms with Crippen LogP contribution < -0.4 is 4.74 Å². The van der Waals surface area contributed by atoms with E-state index < -0.39 is 0 Å². The monoisotopic (exact) mass is 383 g/mol. The number of piperidine rings is 1. The standard InChI is InChI=1S/C22H29N3O3/c1-16(2)25-9-3-4-19(15-25)28-18-6-8-20-17(14-18)5-7-21(23-20)22(26)24-10-12-27-13-11-24/h5-8,14,16,19H,3-4,9-13,15H2,1-2H3. The quantitative estimate of drug-likeness (QED) is 0.813. The van der Waals surface area contributed by atoms with Crippen LogP contribution in [-0.2, 0) is 4.74 Å². The van der Waals surface area contributed by atoms with Crippen molar-refractivity contribution >= 4 is 16.8 Å². The highest BCUT2D eigenvalue weighted by atomic mass is 16.5. The van der Waals surface area contributed by atoms with Crippen molar-refractivity contribution in [3.63, 3.8) is 0 Å². The molecule has 1 amide bonds. The van der Waals surface area contributed by atoms with Crippen LogP contribution in [0.2, 0.25) is 0 Å². The molecule has 0 bridgehead atoms. The first-order valence-electron chi connectivity index (χ1n) is 10.3. The van der Waals surface area contributed by atoms with Gasteiger partial charge in [0.05, 0.1) is 18.7 Å². The van der Waals surface area contributed by atoms with Gasteiger partial charge in [0.1, 0.15) is 17.5 Å². The molecule has 2 fully saturated rings. The van der Waals surface area contributed by atoms with Gasteiger partial charge in [0.15, 0.2) is 0 Å². The summed E-state index contributed by atoms with van der Waals surface area (Å²) in [6.07, 6.45) is 2.49. The summed E-state index contributed by atoms with van der Waals surface area (Å²) >= 11 is 0.